The summed E-state index contributed by atoms with van der Waals surface area (Å²) >= 11 is 6.36. The van der Waals surface area contributed by atoms with Crippen LogP contribution >= 0.6 is 11.6 Å². The summed E-state index contributed by atoms with van der Waals surface area (Å²) in [4.78, 5) is 31.6. The van der Waals surface area contributed by atoms with Gasteiger partial charge in [-0.15, -0.1) is 0 Å². The maximum Gasteiger partial charge on any atom is 0.182 e. The molecular formula is C37H30ClN3O3. The van der Waals surface area contributed by atoms with Crippen molar-refractivity contribution in [1.82, 2.24) is 15.2 Å². The first kappa shape index (κ1) is 28.0. The number of hydrogen-bond donors (Lipinski definition) is 1. The van der Waals surface area contributed by atoms with Crippen molar-refractivity contribution < 1.29 is 14.0 Å². The highest BCUT2D eigenvalue weighted by Crippen LogP contribution is 2.50. The number of Topliss-reactive ketones (excluding diaryl/α,β-unsaturated/α-hetero) is 2. The van der Waals surface area contributed by atoms with Crippen molar-refractivity contribution in [1.29, 1.82) is 0 Å². The second-order valence-electron chi connectivity index (χ2n) is 11.6. The maximum atomic E-state index is 13.7. The molecule has 7 rings (SSSR count). The van der Waals surface area contributed by atoms with E-state index in [1.54, 1.807) is 0 Å². The number of carbonyl (C=O) groups is 2. The average Bonchev–Trinajstić information content (AvgIpc) is 3.47. The summed E-state index contributed by atoms with van der Waals surface area (Å²) in [7, 11) is 0. The first-order chi connectivity index (χ1) is 21.4. The van der Waals surface area contributed by atoms with Crippen molar-refractivity contribution in [2.75, 3.05) is 0 Å². The number of halogens is 1. The van der Waals surface area contributed by atoms with E-state index in [1.807, 2.05) is 105 Å². The molecule has 0 radical (unpaired) electrons. The van der Waals surface area contributed by atoms with Crippen LogP contribution in [0.4, 0.5) is 0 Å². The number of ketones is 2. The minimum absolute atomic E-state index is 0.0280. The molecule has 7 heteroatoms. The molecular weight excluding hydrogens is 570 g/mol. The summed E-state index contributed by atoms with van der Waals surface area (Å²) < 4.78 is 6.24. The van der Waals surface area contributed by atoms with Gasteiger partial charge in [0.1, 0.15) is 17.2 Å². The number of H-pyrrole nitrogens is 1. The van der Waals surface area contributed by atoms with Crippen molar-refractivity contribution in [3.05, 3.63) is 119 Å². The minimum Gasteiger partial charge on any atom is -0.455 e. The number of hydrogen-bond acceptors (Lipinski definition) is 5. The van der Waals surface area contributed by atoms with E-state index < -0.39 is 0 Å². The van der Waals surface area contributed by atoms with Crippen LogP contribution in [-0.2, 0) is 5.41 Å². The van der Waals surface area contributed by atoms with Crippen LogP contribution in [-0.4, -0.2) is 26.7 Å². The van der Waals surface area contributed by atoms with Gasteiger partial charge < -0.3 is 4.42 Å². The molecule has 0 bridgehead atoms. The Labute approximate surface area is 260 Å². The van der Waals surface area contributed by atoms with E-state index in [-0.39, 0.29) is 17.0 Å². The van der Waals surface area contributed by atoms with Gasteiger partial charge in [0.2, 0.25) is 0 Å². The lowest BCUT2D eigenvalue weighted by Gasteiger charge is -2.13. The van der Waals surface area contributed by atoms with E-state index in [0.29, 0.717) is 46.2 Å². The van der Waals surface area contributed by atoms with Crippen LogP contribution in [0.1, 0.15) is 64.7 Å². The molecule has 0 amide bonds. The Morgan fingerprint density at radius 1 is 0.886 bits per heavy atom. The molecule has 2 heterocycles. The van der Waals surface area contributed by atoms with Crippen molar-refractivity contribution in [3.8, 4) is 33.8 Å². The Kier molecular flexibility index (Phi) is 7.02. The van der Waals surface area contributed by atoms with E-state index in [2.05, 4.69) is 10.2 Å². The van der Waals surface area contributed by atoms with Gasteiger partial charge in [-0.3, -0.25) is 14.7 Å². The lowest BCUT2D eigenvalue weighted by molar-refractivity contribution is 0.0965. The van der Waals surface area contributed by atoms with E-state index >= 15 is 0 Å². The number of aromatic nitrogens is 3. The number of furan rings is 1. The van der Waals surface area contributed by atoms with Crippen LogP contribution < -0.4 is 0 Å². The van der Waals surface area contributed by atoms with Gasteiger partial charge in [-0.2, -0.15) is 5.10 Å². The van der Waals surface area contributed by atoms with Gasteiger partial charge in [0, 0.05) is 40.3 Å². The van der Waals surface area contributed by atoms with Gasteiger partial charge in [-0.1, -0.05) is 79.2 Å². The summed E-state index contributed by atoms with van der Waals surface area (Å²) in [5.74, 6) is 1.93. The summed E-state index contributed by atoms with van der Waals surface area (Å²) in [6, 6.07) is 28.9. The van der Waals surface area contributed by atoms with Crippen LogP contribution in [0, 0.1) is 6.92 Å². The highest BCUT2D eigenvalue weighted by atomic mass is 35.5. The zero-order valence-corrected chi connectivity index (χ0v) is 25.2. The Bertz CT molecular complexity index is 2050. The number of nitrogens with zero attached hydrogens (tertiary/aromatic N) is 2. The molecule has 0 saturated heterocycles. The smallest absolute Gasteiger partial charge is 0.182 e. The Morgan fingerprint density at radius 3 is 2.41 bits per heavy atom. The second-order valence-corrected chi connectivity index (χ2v) is 12.0. The predicted molar refractivity (Wildman–Crippen MR) is 173 cm³/mol. The normalized spacial score (nSPS) is 13.7. The number of aromatic amines is 1. The SMILES string of the molecule is CCC(=O)c1c(-c2ccccc2)oc2ccc(-c3cc(C(=O)CC4(c5nc(-c6ccccc6Cl)n[nH]5)CC4)ccc3C)cc12. The summed E-state index contributed by atoms with van der Waals surface area (Å²) in [5, 5.41) is 8.85. The van der Waals surface area contributed by atoms with Crippen molar-refractivity contribution in [2.24, 2.45) is 0 Å². The lowest BCUT2D eigenvalue weighted by Crippen LogP contribution is -2.15. The molecule has 0 aliphatic heterocycles. The van der Waals surface area contributed by atoms with E-state index in [1.165, 1.54) is 0 Å². The van der Waals surface area contributed by atoms with Gasteiger partial charge >= 0.3 is 0 Å². The quantitative estimate of drug-likeness (QED) is 0.167. The molecule has 4 aromatic carbocycles. The van der Waals surface area contributed by atoms with E-state index in [4.69, 9.17) is 21.0 Å². The van der Waals surface area contributed by atoms with Crippen LogP contribution in [0.5, 0.6) is 0 Å². The number of nitrogens with one attached hydrogen (secondary N) is 1. The largest absolute Gasteiger partial charge is 0.455 e. The van der Waals surface area contributed by atoms with Crippen molar-refractivity contribution >= 4 is 34.1 Å². The van der Waals surface area contributed by atoms with Crippen molar-refractivity contribution in [3.63, 3.8) is 0 Å². The number of aryl methyl sites for hydroxylation is 1. The fourth-order valence-electron chi connectivity index (χ4n) is 5.94. The molecule has 44 heavy (non-hydrogen) atoms. The molecule has 1 saturated carbocycles. The fourth-order valence-corrected chi connectivity index (χ4v) is 6.16. The van der Waals surface area contributed by atoms with Gasteiger partial charge in [-0.05, 0) is 66.8 Å². The molecule has 6 aromatic rings. The van der Waals surface area contributed by atoms with Crippen LogP contribution in [0.15, 0.2) is 95.4 Å². The molecule has 2 aromatic heterocycles. The molecule has 0 atom stereocenters. The van der Waals surface area contributed by atoms with Crippen LogP contribution in [0.2, 0.25) is 5.02 Å². The first-order valence-corrected chi connectivity index (χ1v) is 15.2. The molecule has 1 aliphatic rings. The molecule has 1 fully saturated rings. The Balaban J connectivity index is 1.20. The molecule has 218 valence electrons. The number of rotatable bonds is 9. The molecule has 0 spiro atoms. The molecule has 6 nitrogen and oxygen atoms in total. The van der Waals surface area contributed by atoms with Crippen LogP contribution in [0.25, 0.3) is 44.8 Å². The van der Waals surface area contributed by atoms with Crippen LogP contribution in [0.3, 0.4) is 0 Å². The Hall–Kier alpha value is -4.81. The zero-order chi connectivity index (χ0) is 30.4. The number of benzene rings is 4. The van der Waals surface area contributed by atoms with Gasteiger partial charge in [-0.25, -0.2) is 4.98 Å². The third-order valence-electron chi connectivity index (χ3n) is 8.65. The first-order valence-electron chi connectivity index (χ1n) is 14.8. The summed E-state index contributed by atoms with van der Waals surface area (Å²) in [5.41, 5.74) is 6.08. The summed E-state index contributed by atoms with van der Waals surface area (Å²) in [6.07, 6.45) is 2.44. The fraction of sp³-hybridized carbons (Fsp3) is 0.189. The van der Waals surface area contributed by atoms with Gasteiger partial charge in [0.25, 0.3) is 0 Å². The predicted octanol–water partition coefficient (Wildman–Crippen LogP) is 9.41. The standard InChI is InChI=1S/C37H30ClN3O3/c1-3-30(42)33-28-19-24(15-16-32(28)44-34(33)23-9-5-4-6-10-23)27-20-25(14-13-22(27)2)31(43)21-37(17-18-37)36-39-35(40-41-36)26-11-7-8-12-29(26)38/h4-16,19-20H,3,17-18,21H2,1-2H3,(H,39,40,41). The maximum absolute atomic E-state index is 13.7. The van der Waals surface area contributed by atoms with E-state index in [9.17, 15) is 9.59 Å². The zero-order valence-electron chi connectivity index (χ0n) is 24.5. The molecule has 1 aliphatic carbocycles. The topological polar surface area (TPSA) is 88.8 Å². The van der Waals surface area contributed by atoms with Gasteiger partial charge in [0.15, 0.2) is 17.4 Å². The summed E-state index contributed by atoms with van der Waals surface area (Å²) in [6.45, 7) is 3.89. The minimum atomic E-state index is -0.354. The molecule has 0 unspecified atom stereocenters. The third-order valence-corrected chi connectivity index (χ3v) is 8.98. The van der Waals surface area contributed by atoms with E-state index in [0.717, 1.165) is 51.9 Å². The number of carbonyl (C=O) groups excluding carboxylic acids is 2. The molecule has 1 N–H and O–H groups in total. The van der Waals surface area contributed by atoms with Gasteiger partial charge in [0.05, 0.1) is 10.6 Å². The highest BCUT2D eigenvalue weighted by Gasteiger charge is 2.49. The van der Waals surface area contributed by atoms with Crippen molar-refractivity contribution in [2.45, 2.75) is 44.9 Å². The third kappa shape index (κ3) is 4.95. The Morgan fingerprint density at radius 2 is 1.66 bits per heavy atom. The monoisotopic (exact) mass is 599 g/mol. The highest BCUT2D eigenvalue weighted by molar-refractivity contribution is 6.33. The number of fused-ring (bicyclic) bond motifs is 1. The second kappa shape index (κ2) is 11.0. The average molecular weight is 600 g/mol. The lowest BCUT2D eigenvalue weighted by atomic mass is 9.91.